The molecule has 0 bridgehead atoms. The van der Waals surface area contributed by atoms with Gasteiger partial charge in [-0.15, -0.1) is 0 Å². The second-order valence-electron chi connectivity index (χ2n) is 4.29. The lowest BCUT2D eigenvalue weighted by molar-refractivity contribution is 0.0690. The number of nitrogens with zero attached hydrogens (tertiary/aromatic N) is 2. The van der Waals surface area contributed by atoms with E-state index in [-0.39, 0.29) is 11.5 Å². The standard InChI is InChI=1S/C13H10FN3O2/c1-17-6-9(8-4-7(14)2-3-12(8)17)10-5-11(13(18)19)16-15-10/h2-6H,1H3,(H,15,16)(H,18,19). The van der Waals surface area contributed by atoms with Crippen LogP contribution in [0.3, 0.4) is 0 Å². The molecule has 0 fully saturated rings. The third-order valence-electron chi connectivity index (χ3n) is 3.04. The highest BCUT2D eigenvalue weighted by Crippen LogP contribution is 2.29. The summed E-state index contributed by atoms with van der Waals surface area (Å²) in [6.45, 7) is 0. The molecule has 0 amide bonds. The minimum atomic E-state index is -1.08. The average Bonchev–Trinajstić information content (AvgIpc) is 2.94. The van der Waals surface area contributed by atoms with Crippen molar-refractivity contribution in [1.82, 2.24) is 14.8 Å². The SMILES string of the molecule is Cn1cc(-c2cc(C(=O)O)[nH]n2)c2cc(F)ccc21. The van der Waals surface area contributed by atoms with E-state index < -0.39 is 5.97 Å². The highest BCUT2D eigenvalue weighted by Gasteiger charge is 2.14. The topological polar surface area (TPSA) is 70.9 Å². The van der Waals surface area contributed by atoms with E-state index in [1.807, 2.05) is 11.6 Å². The van der Waals surface area contributed by atoms with E-state index in [2.05, 4.69) is 10.2 Å². The number of nitrogens with one attached hydrogen (secondary N) is 1. The Morgan fingerprint density at radius 2 is 2.21 bits per heavy atom. The Labute approximate surface area is 107 Å². The lowest BCUT2D eigenvalue weighted by Crippen LogP contribution is -1.95. The lowest BCUT2D eigenvalue weighted by Gasteiger charge is -1.95. The van der Waals surface area contributed by atoms with Gasteiger partial charge in [-0.2, -0.15) is 5.10 Å². The van der Waals surface area contributed by atoms with Crippen LogP contribution in [0.1, 0.15) is 10.5 Å². The van der Waals surface area contributed by atoms with E-state index in [1.54, 1.807) is 12.3 Å². The number of aryl methyl sites for hydroxylation is 1. The highest BCUT2D eigenvalue weighted by molar-refractivity contribution is 5.96. The van der Waals surface area contributed by atoms with Crippen LogP contribution in [0.25, 0.3) is 22.2 Å². The van der Waals surface area contributed by atoms with Gasteiger partial charge in [0.15, 0.2) is 0 Å². The zero-order chi connectivity index (χ0) is 13.6. The van der Waals surface area contributed by atoms with Gasteiger partial charge < -0.3 is 9.67 Å². The van der Waals surface area contributed by atoms with E-state index in [0.29, 0.717) is 16.6 Å². The molecule has 0 saturated carbocycles. The van der Waals surface area contributed by atoms with Crippen LogP contribution in [-0.4, -0.2) is 25.8 Å². The van der Waals surface area contributed by atoms with Gasteiger partial charge in [0, 0.05) is 29.7 Å². The summed E-state index contributed by atoms with van der Waals surface area (Å²) < 4.78 is 15.2. The first-order valence-corrected chi connectivity index (χ1v) is 5.60. The number of rotatable bonds is 2. The van der Waals surface area contributed by atoms with Gasteiger partial charge in [-0.25, -0.2) is 9.18 Å². The monoisotopic (exact) mass is 259 g/mol. The van der Waals surface area contributed by atoms with E-state index in [1.165, 1.54) is 18.2 Å². The molecule has 2 heterocycles. The van der Waals surface area contributed by atoms with Crippen LogP contribution < -0.4 is 0 Å². The van der Waals surface area contributed by atoms with Crippen molar-refractivity contribution >= 4 is 16.9 Å². The van der Waals surface area contributed by atoms with E-state index in [4.69, 9.17) is 5.11 Å². The van der Waals surface area contributed by atoms with Crippen LogP contribution in [0, 0.1) is 5.82 Å². The molecule has 0 spiro atoms. The summed E-state index contributed by atoms with van der Waals surface area (Å²) in [7, 11) is 1.84. The first-order valence-electron chi connectivity index (χ1n) is 5.60. The van der Waals surface area contributed by atoms with Gasteiger partial charge in [-0.3, -0.25) is 5.10 Å². The van der Waals surface area contributed by atoms with Crippen molar-refractivity contribution in [2.45, 2.75) is 0 Å². The summed E-state index contributed by atoms with van der Waals surface area (Å²) in [6.07, 6.45) is 1.80. The molecule has 2 N–H and O–H groups in total. The van der Waals surface area contributed by atoms with Gasteiger partial charge in [-0.05, 0) is 24.3 Å². The van der Waals surface area contributed by atoms with Crippen LogP contribution in [0.4, 0.5) is 4.39 Å². The summed E-state index contributed by atoms with van der Waals surface area (Å²) >= 11 is 0. The van der Waals surface area contributed by atoms with Crippen molar-refractivity contribution in [3.8, 4) is 11.3 Å². The first kappa shape index (κ1) is 11.5. The number of hydrogen-bond acceptors (Lipinski definition) is 2. The third kappa shape index (κ3) is 1.77. The molecule has 0 atom stereocenters. The molecule has 3 aromatic rings. The van der Waals surface area contributed by atoms with Gasteiger partial charge in [0.05, 0.1) is 5.69 Å². The number of aromatic nitrogens is 3. The predicted octanol–water partition coefficient (Wildman–Crippen LogP) is 2.41. The molecule has 5 nitrogen and oxygen atoms in total. The maximum absolute atomic E-state index is 13.3. The predicted molar refractivity (Wildman–Crippen MR) is 67.4 cm³/mol. The number of benzene rings is 1. The fourth-order valence-corrected chi connectivity index (χ4v) is 2.14. The Balaban J connectivity index is 2.23. The number of carboxylic acid groups (broad SMARTS) is 1. The molecule has 0 aliphatic rings. The maximum atomic E-state index is 13.3. The molecule has 0 radical (unpaired) electrons. The minimum Gasteiger partial charge on any atom is -0.477 e. The summed E-state index contributed by atoms with van der Waals surface area (Å²) in [5, 5.41) is 16.0. The van der Waals surface area contributed by atoms with Crippen LogP contribution in [0.5, 0.6) is 0 Å². The van der Waals surface area contributed by atoms with Crippen LogP contribution in [0.2, 0.25) is 0 Å². The Morgan fingerprint density at radius 1 is 1.42 bits per heavy atom. The molecule has 1 aromatic carbocycles. The average molecular weight is 259 g/mol. The van der Waals surface area contributed by atoms with Crippen molar-refractivity contribution in [3.05, 3.63) is 42.0 Å². The molecular weight excluding hydrogens is 249 g/mol. The Hall–Kier alpha value is -2.63. The number of carbonyl (C=O) groups is 1. The van der Waals surface area contributed by atoms with Crippen LogP contribution in [-0.2, 0) is 7.05 Å². The molecule has 3 rings (SSSR count). The van der Waals surface area contributed by atoms with E-state index in [9.17, 15) is 9.18 Å². The molecular formula is C13H10FN3O2. The fourth-order valence-electron chi connectivity index (χ4n) is 2.14. The Kier molecular flexibility index (Phi) is 2.38. The van der Waals surface area contributed by atoms with Gasteiger partial charge in [0.1, 0.15) is 11.5 Å². The van der Waals surface area contributed by atoms with Crippen molar-refractivity contribution in [2.24, 2.45) is 7.05 Å². The quantitative estimate of drug-likeness (QED) is 0.742. The summed E-state index contributed by atoms with van der Waals surface area (Å²) in [5.41, 5.74) is 2.04. The summed E-state index contributed by atoms with van der Waals surface area (Å²) in [5.74, 6) is -1.42. The highest BCUT2D eigenvalue weighted by atomic mass is 19.1. The van der Waals surface area contributed by atoms with Crippen molar-refractivity contribution in [2.75, 3.05) is 0 Å². The molecule has 19 heavy (non-hydrogen) atoms. The van der Waals surface area contributed by atoms with Gasteiger partial charge >= 0.3 is 5.97 Å². The smallest absolute Gasteiger partial charge is 0.353 e. The summed E-state index contributed by atoms with van der Waals surface area (Å²) in [4.78, 5) is 10.8. The van der Waals surface area contributed by atoms with Gasteiger partial charge in [0.2, 0.25) is 0 Å². The maximum Gasteiger partial charge on any atom is 0.353 e. The van der Waals surface area contributed by atoms with E-state index >= 15 is 0 Å². The second kappa shape index (κ2) is 3.94. The fraction of sp³-hybridized carbons (Fsp3) is 0.0769. The van der Waals surface area contributed by atoms with Crippen molar-refractivity contribution in [3.63, 3.8) is 0 Å². The molecule has 0 unspecified atom stereocenters. The van der Waals surface area contributed by atoms with E-state index in [0.717, 1.165) is 5.52 Å². The largest absolute Gasteiger partial charge is 0.477 e. The molecule has 6 heteroatoms. The molecule has 96 valence electrons. The first-order chi connectivity index (χ1) is 9.06. The third-order valence-corrected chi connectivity index (χ3v) is 3.04. The zero-order valence-corrected chi connectivity index (χ0v) is 10.0. The summed E-state index contributed by atoms with van der Waals surface area (Å²) in [6, 6.07) is 5.92. The Morgan fingerprint density at radius 3 is 2.89 bits per heavy atom. The number of hydrogen-bond donors (Lipinski definition) is 2. The van der Waals surface area contributed by atoms with Crippen molar-refractivity contribution < 1.29 is 14.3 Å². The number of aromatic amines is 1. The lowest BCUT2D eigenvalue weighted by atomic mass is 10.1. The number of carboxylic acids is 1. The van der Waals surface area contributed by atoms with Gasteiger partial charge in [0.25, 0.3) is 0 Å². The van der Waals surface area contributed by atoms with Gasteiger partial charge in [-0.1, -0.05) is 0 Å². The molecule has 0 aliphatic carbocycles. The van der Waals surface area contributed by atoms with Crippen LogP contribution >= 0.6 is 0 Å². The zero-order valence-electron chi connectivity index (χ0n) is 10.0. The number of aromatic carboxylic acids is 1. The molecule has 2 aromatic heterocycles. The normalized spacial score (nSPS) is 11.1. The second-order valence-corrected chi connectivity index (χ2v) is 4.29. The Bertz CT molecular complexity index is 788. The van der Waals surface area contributed by atoms with Crippen molar-refractivity contribution in [1.29, 1.82) is 0 Å². The number of H-pyrrole nitrogens is 1. The number of halogens is 1. The minimum absolute atomic E-state index is 0.00315. The molecule has 0 aliphatic heterocycles. The van der Waals surface area contributed by atoms with Crippen LogP contribution in [0.15, 0.2) is 30.5 Å². The molecule has 0 saturated heterocycles. The number of fused-ring (bicyclic) bond motifs is 1.